The van der Waals surface area contributed by atoms with Crippen LogP contribution in [0, 0.1) is 4.77 Å². The van der Waals surface area contributed by atoms with E-state index in [0.717, 1.165) is 11.1 Å². The molecule has 1 aliphatic heterocycles. The summed E-state index contributed by atoms with van der Waals surface area (Å²) in [7, 11) is 0. The first kappa shape index (κ1) is 22.5. The van der Waals surface area contributed by atoms with Gasteiger partial charge < -0.3 is 25.5 Å². The summed E-state index contributed by atoms with van der Waals surface area (Å²) in [6, 6.07) is 17.5. The number of rotatable bonds is 6. The van der Waals surface area contributed by atoms with Crippen molar-refractivity contribution in [3.05, 3.63) is 87.3 Å². The Hall–Kier alpha value is -3.65. The molecule has 0 amide bonds. The zero-order valence-corrected chi connectivity index (χ0v) is 19.5. The average molecular weight is 463 g/mol. The number of H-pyrrole nitrogens is 1. The molecule has 2 heterocycles. The predicted molar refractivity (Wildman–Crippen MR) is 130 cm³/mol. The Morgan fingerprint density at radius 3 is 2.58 bits per heavy atom. The van der Waals surface area contributed by atoms with Gasteiger partial charge in [-0.05, 0) is 44.6 Å². The lowest BCUT2D eigenvalue weighted by molar-refractivity contribution is -0.142. The number of carbonyl (C=O) groups is 1. The Bertz CT molecular complexity index is 1270. The normalized spacial score (nSPS) is 15.1. The number of benzene rings is 2. The molecule has 33 heavy (non-hydrogen) atoms. The zero-order valence-electron chi connectivity index (χ0n) is 18.7. The Balaban J connectivity index is 1.85. The highest BCUT2D eigenvalue weighted by Crippen LogP contribution is 2.46. The zero-order chi connectivity index (χ0) is 23.5. The standard InChI is InChI=1S/C25H26N4O3S/c1-14(2)32-24(30)19-15(3)27-23-21(22(26)28-25(33)29-23)20(19)17-11-7-8-12-18(17)31-13-16-9-5-4-6-10-16/h4-12,14,20H,13H2,1-3H3,(H4,26,27,28,29,33). The van der Waals surface area contributed by atoms with Crippen molar-refractivity contribution < 1.29 is 14.3 Å². The number of hydrogen-bond donors (Lipinski definition) is 3. The number of nitrogens with two attached hydrogens (primary N) is 1. The van der Waals surface area contributed by atoms with Crippen molar-refractivity contribution in [3.63, 3.8) is 0 Å². The van der Waals surface area contributed by atoms with E-state index in [9.17, 15) is 4.79 Å². The van der Waals surface area contributed by atoms with E-state index in [4.69, 9.17) is 27.4 Å². The van der Waals surface area contributed by atoms with Crippen molar-refractivity contribution in [2.45, 2.75) is 39.4 Å². The van der Waals surface area contributed by atoms with Gasteiger partial charge in [-0.25, -0.2) is 9.78 Å². The molecule has 0 bridgehead atoms. The van der Waals surface area contributed by atoms with Gasteiger partial charge in [-0.2, -0.15) is 0 Å². The summed E-state index contributed by atoms with van der Waals surface area (Å²) in [5.74, 6) is 0.508. The molecule has 0 fully saturated rings. The highest BCUT2D eigenvalue weighted by Gasteiger charge is 2.37. The molecule has 1 atom stereocenters. The summed E-state index contributed by atoms with van der Waals surface area (Å²) in [5.41, 5.74) is 9.90. The highest BCUT2D eigenvalue weighted by molar-refractivity contribution is 7.71. The molecule has 1 aliphatic rings. The molecule has 0 radical (unpaired) electrons. The quantitative estimate of drug-likeness (QED) is 0.347. The van der Waals surface area contributed by atoms with Crippen LogP contribution in [0.25, 0.3) is 0 Å². The predicted octanol–water partition coefficient (Wildman–Crippen LogP) is 5.08. The van der Waals surface area contributed by atoms with Crippen LogP contribution in [0.15, 0.2) is 65.9 Å². The van der Waals surface area contributed by atoms with Crippen LogP contribution in [0.3, 0.4) is 0 Å². The van der Waals surface area contributed by atoms with Crippen molar-refractivity contribution in [1.82, 2.24) is 9.97 Å². The lowest BCUT2D eigenvalue weighted by Crippen LogP contribution is -2.28. The van der Waals surface area contributed by atoms with Gasteiger partial charge in [0.15, 0.2) is 4.77 Å². The molecule has 0 saturated carbocycles. The Morgan fingerprint density at radius 2 is 1.85 bits per heavy atom. The number of carbonyl (C=O) groups excluding carboxylic acids is 1. The molecular weight excluding hydrogens is 436 g/mol. The lowest BCUT2D eigenvalue weighted by atomic mass is 9.81. The van der Waals surface area contributed by atoms with Crippen LogP contribution in [0.1, 0.15) is 43.4 Å². The van der Waals surface area contributed by atoms with Crippen LogP contribution in [0.5, 0.6) is 5.75 Å². The van der Waals surface area contributed by atoms with E-state index in [1.54, 1.807) is 0 Å². The molecular formula is C25H26N4O3S. The third-order valence-electron chi connectivity index (χ3n) is 5.32. The summed E-state index contributed by atoms with van der Waals surface area (Å²) >= 11 is 5.22. The van der Waals surface area contributed by atoms with Gasteiger partial charge in [-0.3, -0.25) is 0 Å². The number of hydrogen-bond acceptors (Lipinski definition) is 7. The second-order valence-corrected chi connectivity index (χ2v) is 8.47. The first-order valence-electron chi connectivity index (χ1n) is 10.7. The Kier molecular flexibility index (Phi) is 6.46. The van der Waals surface area contributed by atoms with E-state index >= 15 is 0 Å². The Morgan fingerprint density at radius 1 is 1.15 bits per heavy atom. The molecule has 0 aliphatic carbocycles. The lowest BCUT2D eigenvalue weighted by Gasteiger charge is -2.31. The molecule has 170 valence electrons. The van der Waals surface area contributed by atoms with E-state index in [1.807, 2.05) is 75.4 Å². The minimum absolute atomic E-state index is 0.257. The number of nitrogens with one attached hydrogen (secondary N) is 2. The number of para-hydroxylation sites is 1. The third-order valence-corrected chi connectivity index (χ3v) is 5.51. The fraction of sp³-hybridized carbons (Fsp3) is 0.240. The monoisotopic (exact) mass is 462 g/mol. The summed E-state index contributed by atoms with van der Waals surface area (Å²) in [4.78, 5) is 20.6. The van der Waals surface area contributed by atoms with Crippen molar-refractivity contribution in [1.29, 1.82) is 0 Å². The number of allylic oxidation sites excluding steroid dienone is 1. The number of nitrogens with zero attached hydrogens (tertiary/aromatic N) is 1. The smallest absolute Gasteiger partial charge is 0.337 e. The van der Waals surface area contributed by atoms with E-state index < -0.39 is 11.9 Å². The van der Waals surface area contributed by atoms with Gasteiger partial charge in [0.05, 0.1) is 17.6 Å². The number of ether oxygens (including phenoxy) is 2. The molecule has 8 heteroatoms. The molecule has 4 rings (SSSR count). The topological polar surface area (TPSA) is 102 Å². The second kappa shape index (κ2) is 9.46. The maximum Gasteiger partial charge on any atom is 0.337 e. The van der Waals surface area contributed by atoms with Crippen molar-refractivity contribution in [2.24, 2.45) is 0 Å². The molecule has 2 aromatic carbocycles. The van der Waals surface area contributed by atoms with Crippen molar-refractivity contribution >= 4 is 29.8 Å². The number of aromatic amines is 1. The number of anilines is 2. The van der Waals surface area contributed by atoms with Crippen LogP contribution in [0.2, 0.25) is 0 Å². The largest absolute Gasteiger partial charge is 0.489 e. The minimum Gasteiger partial charge on any atom is -0.489 e. The first-order chi connectivity index (χ1) is 15.8. The molecule has 7 nitrogen and oxygen atoms in total. The minimum atomic E-state index is -0.557. The van der Waals surface area contributed by atoms with E-state index in [0.29, 0.717) is 40.8 Å². The van der Waals surface area contributed by atoms with E-state index in [2.05, 4.69) is 15.3 Å². The van der Waals surface area contributed by atoms with Crippen LogP contribution < -0.4 is 15.8 Å². The summed E-state index contributed by atoms with van der Waals surface area (Å²) in [5, 5.41) is 3.18. The Labute approximate surface area is 197 Å². The highest BCUT2D eigenvalue weighted by atomic mass is 32.1. The van der Waals surface area contributed by atoms with Gasteiger partial charge in [0.25, 0.3) is 0 Å². The molecule has 3 aromatic rings. The molecule has 1 unspecified atom stereocenters. The summed E-state index contributed by atoms with van der Waals surface area (Å²) < 4.78 is 12.1. The van der Waals surface area contributed by atoms with Gasteiger partial charge >= 0.3 is 5.97 Å². The van der Waals surface area contributed by atoms with Gasteiger partial charge in [0.1, 0.15) is 24.0 Å². The fourth-order valence-electron chi connectivity index (χ4n) is 3.94. The van der Waals surface area contributed by atoms with Crippen LogP contribution in [-0.2, 0) is 16.1 Å². The van der Waals surface area contributed by atoms with E-state index in [1.165, 1.54) is 0 Å². The summed E-state index contributed by atoms with van der Waals surface area (Å²) in [6.45, 7) is 5.83. The van der Waals surface area contributed by atoms with Crippen molar-refractivity contribution in [3.8, 4) is 5.75 Å². The molecule has 0 spiro atoms. The number of esters is 1. The molecule has 4 N–H and O–H groups in total. The van der Waals surface area contributed by atoms with Crippen LogP contribution in [-0.4, -0.2) is 22.0 Å². The maximum absolute atomic E-state index is 13.2. The summed E-state index contributed by atoms with van der Waals surface area (Å²) in [6.07, 6.45) is -0.276. The first-order valence-corrected chi connectivity index (χ1v) is 11.1. The third kappa shape index (κ3) is 4.75. The van der Waals surface area contributed by atoms with Crippen molar-refractivity contribution in [2.75, 3.05) is 11.1 Å². The molecule has 0 saturated heterocycles. The SMILES string of the molecule is CC1=C(C(=O)OC(C)C)C(c2ccccc2OCc2ccccc2)c2c(nc(=S)[nH]c2N)N1. The van der Waals surface area contributed by atoms with Gasteiger partial charge in [-0.1, -0.05) is 48.5 Å². The molecule has 1 aromatic heterocycles. The second-order valence-electron chi connectivity index (χ2n) is 8.08. The van der Waals surface area contributed by atoms with Gasteiger partial charge in [-0.15, -0.1) is 0 Å². The van der Waals surface area contributed by atoms with E-state index in [-0.39, 0.29) is 10.9 Å². The van der Waals surface area contributed by atoms with Gasteiger partial charge in [0, 0.05) is 16.8 Å². The number of fused-ring (bicyclic) bond motifs is 1. The van der Waals surface area contributed by atoms with Gasteiger partial charge in [0.2, 0.25) is 0 Å². The maximum atomic E-state index is 13.2. The number of aromatic nitrogens is 2. The van der Waals surface area contributed by atoms with Crippen LogP contribution in [0.4, 0.5) is 11.6 Å². The van der Waals surface area contributed by atoms with Crippen LogP contribution >= 0.6 is 12.2 Å². The number of nitrogen functional groups attached to an aromatic ring is 1. The average Bonchev–Trinajstić information content (AvgIpc) is 2.77. The fourth-order valence-corrected chi connectivity index (χ4v) is 4.14.